The molecule has 0 unspecified atom stereocenters. The van der Waals surface area contributed by atoms with Gasteiger partial charge in [-0.05, 0) is 22.3 Å². The molecule has 0 saturated carbocycles. The Balaban J connectivity index is 1.30. The fraction of sp³-hybridized carbons (Fsp3) is 0.182. The van der Waals surface area contributed by atoms with Gasteiger partial charge < -0.3 is 20.6 Å². The zero-order valence-electron chi connectivity index (χ0n) is 24.4. The van der Waals surface area contributed by atoms with Crippen molar-refractivity contribution in [2.75, 3.05) is 22.6 Å². The normalized spacial score (nSPS) is 18.0. The van der Waals surface area contributed by atoms with Crippen molar-refractivity contribution < 1.29 is 24.3 Å². The molecule has 234 valence electrons. The second-order valence-corrected chi connectivity index (χ2v) is 13.1. The van der Waals surface area contributed by atoms with Gasteiger partial charge in [-0.15, -0.1) is 23.1 Å². The van der Waals surface area contributed by atoms with Gasteiger partial charge in [0.1, 0.15) is 35.5 Å². The Morgan fingerprint density at radius 2 is 1.59 bits per heavy atom. The van der Waals surface area contributed by atoms with E-state index in [4.69, 9.17) is 9.82 Å². The maximum atomic E-state index is 13.6. The summed E-state index contributed by atoms with van der Waals surface area (Å²) in [5.74, 6) is -1.84. The number of alkyl halides is 1. The molecule has 13 heteroatoms. The second kappa shape index (κ2) is 13.6. The van der Waals surface area contributed by atoms with E-state index in [9.17, 15) is 19.5 Å². The Hall–Kier alpha value is -4.21. The predicted octanol–water partition coefficient (Wildman–Crippen LogP) is 5.07. The standard InChI is InChI=1S/C33H28IN5O5S2/c1-44-38-25(28(40)36-26-29(41)39-27(31(42)43)20(17-34)18-45-30(26)39)24-19-46-32(35-24)37-33(21-11-5-2-6-12-21,22-13-7-3-8-14-22)23-15-9-4-10-16-23/h2-16,19,26,30H,17-18H2,1H3,(H,35,37)(H,36,40)(H,42,43)/t26-,30-/m1/s1. The molecule has 2 amide bonds. The van der Waals surface area contributed by atoms with Crippen LogP contribution < -0.4 is 10.6 Å². The smallest absolute Gasteiger partial charge is 0.352 e. The molecule has 3 N–H and O–H groups in total. The quantitative estimate of drug-likeness (QED) is 0.0482. The number of halogens is 1. The predicted molar refractivity (Wildman–Crippen MR) is 187 cm³/mol. The highest BCUT2D eigenvalue weighted by Gasteiger charge is 2.54. The zero-order valence-corrected chi connectivity index (χ0v) is 28.2. The number of anilines is 1. The summed E-state index contributed by atoms with van der Waals surface area (Å²) in [6.45, 7) is 0. The number of rotatable bonds is 11. The molecule has 2 atom stereocenters. The third kappa shape index (κ3) is 5.78. The summed E-state index contributed by atoms with van der Waals surface area (Å²) >= 11 is 4.81. The minimum Gasteiger partial charge on any atom is -0.477 e. The first-order valence-electron chi connectivity index (χ1n) is 14.2. The van der Waals surface area contributed by atoms with Gasteiger partial charge in [0.25, 0.3) is 11.8 Å². The summed E-state index contributed by atoms with van der Waals surface area (Å²) in [6, 6.07) is 29.3. The molecule has 6 rings (SSSR count). The first-order chi connectivity index (χ1) is 22.4. The van der Waals surface area contributed by atoms with Crippen LogP contribution in [0.2, 0.25) is 0 Å². The number of thioether (sulfide) groups is 1. The first kappa shape index (κ1) is 31.8. The number of nitrogens with zero attached hydrogens (tertiary/aromatic N) is 3. The first-order valence-corrected chi connectivity index (χ1v) is 17.6. The highest BCUT2D eigenvalue weighted by atomic mass is 127. The summed E-state index contributed by atoms with van der Waals surface area (Å²) in [5, 5.41) is 21.8. The van der Waals surface area contributed by atoms with Crippen LogP contribution in [0.5, 0.6) is 0 Å². The van der Waals surface area contributed by atoms with Crippen molar-refractivity contribution in [2.24, 2.45) is 5.16 Å². The number of hydrogen-bond acceptors (Lipinski definition) is 9. The van der Waals surface area contributed by atoms with Crippen molar-refractivity contribution in [1.29, 1.82) is 0 Å². The Kier molecular flexibility index (Phi) is 9.42. The maximum absolute atomic E-state index is 13.6. The molecular formula is C33H28IN5O5S2. The van der Waals surface area contributed by atoms with Gasteiger partial charge >= 0.3 is 5.97 Å². The number of benzene rings is 3. The number of nitrogens with one attached hydrogen (secondary N) is 2. The van der Waals surface area contributed by atoms with Gasteiger partial charge in [0, 0.05) is 15.6 Å². The summed E-state index contributed by atoms with van der Waals surface area (Å²) < 4.78 is 0.491. The van der Waals surface area contributed by atoms with Crippen LogP contribution in [0.3, 0.4) is 0 Å². The van der Waals surface area contributed by atoms with Crippen molar-refractivity contribution in [3.8, 4) is 0 Å². The van der Waals surface area contributed by atoms with Crippen LogP contribution in [-0.4, -0.2) is 67.2 Å². The van der Waals surface area contributed by atoms with Crippen LogP contribution >= 0.6 is 45.7 Å². The fourth-order valence-corrected chi connectivity index (χ4v) is 8.77. The molecule has 2 aliphatic rings. The topological polar surface area (TPSA) is 133 Å². The van der Waals surface area contributed by atoms with Crippen molar-refractivity contribution in [3.05, 3.63) is 130 Å². The highest BCUT2D eigenvalue weighted by Crippen LogP contribution is 2.42. The molecule has 0 aliphatic carbocycles. The highest BCUT2D eigenvalue weighted by molar-refractivity contribution is 14.1. The van der Waals surface area contributed by atoms with Crippen LogP contribution in [0, 0.1) is 0 Å². The van der Waals surface area contributed by atoms with Crippen molar-refractivity contribution >= 4 is 74.3 Å². The number of amides is 2. The number of carbonyl (C=O) groups is 3. The fourth-order valence-electron chi connectivity index (χ4n) is 5.67. The Morgan fingerprint density at radius 1 is 1.02 bits per heavy atom. The summed E-state index contributed by atoms with van der Waals surface area (Å²) in [7, 11) is 1.33. The molecule has 0 spiro atoms. The lowest BCUT2D eigenvalue weighted by Crippen LogP contribution is -2.71. The van der Waals surface area contributed by atoms with Gasteiger partial charge in [-0.25, -0.2) is 9.78 Å². The van der Waals surface area contributed by atoms with Gasteiger partial charge in [-0.1, -0.05) is 119 Å². The third-order valence-corrected chi connectivity index (χ3v) is 10.8. The zero-order chi connectivity index (χ0) is 32.3. The number of carbonyl (C=O) groups excluding carboxylic acids is 2. The minimum absolute atomic E-state index is 0.00613. The van der Waals surface area contributed by atoms with Crippen molar-refractivity contribution in [3.63, 3.8) is 0 Å². The Labute approximate surface area is 287 Å². The van der Waals surface area contributed by atoms with E-state index in [0.717, 1.165) is 16.7 Å². The van der Waals surface area contributed by atoms with E-state index in [1.165, 1.54) is 35.1 Å². The molecule has 3 heterocycles. The van der Waals surface area contributed by atoms with Gasteiger partial charge in [0.15, 0.2) is 10.8 Å². The van der Waals surface area contributed by atoms with E-state index >= 15 is 0 Å². The molecule has 1 saturated heterocycles. The van der Waals surface area contributed by atoms with E-state index in [1.54, 1.807) is 5.38 Å². The third-order valence-electron chi connectivity index (χ3n) is 7.76. The van der Waals surface area contributed by atoms with Crippen molar-refractivity contribution in [1.82, 2.24) is 15.2 Å². The minimum atomic E-state index is -1.16. The molecule has 0 radical (unpaired) electrons. The molecule has 0 bridgehead atoms. The van der Waals surface area contributed by atoms with Crippen LogP contribution in [0.15, 0.2) is 113 Å². The number of β-lactam (4-membered cyclic amide) rings is 1. The van der Waals surface area contributed by atoms with Crippen LogP contribution in [-0.2, 0) is 24.8 Å². The molecular weight excluding hydrogens is 737 g/mol. The molecule has 1 fully saturated rings. The van der Waals surface area contributed by atoms with Crippen LogP contribution in [0.1, 0.15) is 22.4 Å². The van der Waals surface area contributed by atoms with E-state index in [2.05, 4.69) is 74.8 Å². The molecule has 46 heavy (non-hydrogen) atoms. The number of fused-ring (bicyclic) bond motifs is 1. The average Bonchev–Trinajstić information content (AvgIpc) is 3.56. The number of carboxylic acids is 1. The molecule has 2 aliphatic heterocycles. The lowest BCUT2D eigenvalue weighted by atomic mass is 9.77. The van der Waals surface area contributed by atoms with Crippen LogP contribution in [0.25, 0.3) is 0 Å². The van der Waals surface area contributed by atoms with E-state index < -0.39 is 34.7 Å². The maximum Gasteiger partial charge on any atom is 0.352 e. The number of oxime groups is 1. The van der Waals surface area contributed by atoms with Crippen molar-refractivity contribution in [2.45, 2.75) is 17.0 Å². The van der Waals surface area contributed by atoms with E-state index in [-0.39, 0.29) is 17.1 Å². The lowest BCUT2D eigenvalue weighted by Gasteiger charge is -2.49. The molecule has 3 aromatic carbocycles. The largest absolute Gasteiger partial charge is 0.477 e. The van der Waals surface area contributed by atoms with Crippen LogP contribution in [0.4, 0.5) is 5.13 Å². The monoisotopic (exact) mass is 765 g/mol. The summed E-state index contributed by atoms with van der Waals surface area (Å²) in [6.07, 6.45) is 0. The Morgan fingerprint density at radius 3 is 2.09 bits per heavy atom. The number of aliphatic carboxylic acids is 1. The number of thiazole rings is 1. The molecule has 10 nitrogen and oxygen atoms in total. The lowest BCUT2D eigenvalue weighted by molar-refractivity contribution is -0.150. The average molecular weight is 766 g/mol. The summed E-state index contributed by atoms with van der Waals surface area (Å²) in [4.78, 5) is 49.6. The summed E-state index contributed by atoms with van der Waals surface area (Å²) in [5.41, 5.74) is 2.97. The second-order valence-electron chi connectivity index (χ2n) is 10.4. The number of carboxylic acid groups (broad SMARTS) is 1. The Bertz CT molecular complexity index is 1720. The van der Waals surface area contributed by atoms with E-state index in [1.807, 2.05) is 54.6 Å². The molecule has 1 aromatic heterocycles. The van der Waals surface area contributed by atoms with Gasteiger partial charge in [-0.3, -0.25) is 14.5 Å². The van der Waals surface area contributed by atoms with E-state index in [0.29, 0.717) is 20.9 Å². The SMILES string of the molecule is CON=C(C(=O)N[C@@H]1C(=O)N2C(C(=O)O)=C(CI)CS[C@H]12)c1csc(NC(c2ccccc2)(c2ccccc2)c2ccccc2)n1. The number of aromatic nitrogens is 1. The van der Waals surface area contributed by atoms with Gasteiger partial charge in [0.05, 0.1) is 0 Å². The van der Waals surface area contributed by atoms with Gasteiger partial charge in [0.2, 0.25) is 0 Å². The van der Waals surface area contributed by atoms with Gasteiger partial charge in [-0.2, -0.15) is 0 Å². The number of hydrogen-bond donors (Lipinski definition) is 3. The molecule has 4 aromatic rings.